The molecule has 0 saturated carbocycles. The summed E-state index contributed by atoms with van der Waals surface area (Å²) in [7, 11) is -2.22. The maximum Gasteiger partial charge on any atom is 0.242 e. The van der Waals surface area contributed by atoms with Crippen molar-refractivity contribution in [1.29, 1.82) is 0 Å². The van der Waals surface area contributed by atoms with Crippen LogP contribution >= 0.6 is 0 Å². The minimum atomic E-state index is -3.77. The van der Waals surface area contributed by atoms with E-state index >= 15 is 0 Å². The highest BCUT2D eigenvalue weighted by atomic mass is 32.2. The summed E-state index contributed by atoms with van der Waals surface area (Å²) in [5.41, 5.74) is 0.740. The van der Waals surface area contributed by atoms with Crippen molar-refractivity contribution in [2.45, 2.75) is 58.5 Å². The van der Waals surface area contributed by atoms with E-state index in [4.69, 9.17) is 4.74 Å². The quantitative estimate of drug-likeness (QED) is 0.347. The number of anilines is 1. The summed E-state index contributed by atoms with van der Waals surface area (Å²) in [5, 5.41) is 2.91. The highest BCUT2D eigenvalue weighted by Crippen LogP contribution is 2.23. The van der Waals surface area contributed by atoms with Gasteiger partial charge in [-0.2, -0.15) is 0 Å². The lowest BCUT2D eigenvalue weighted by molar-refractivity contribution is -0.141. The second kappa shape index (κ2) is 14.6. The molecule has 0 aliphatic rings. The summed E-state index contributed by atoms with van der Waals surface area (Å²) < 4.78 is 45.3. The molecule has 0 aromatic heterocycles. The van der Waals surface area contributed by atoms with Crippen molar-refractivity contribution in [2.24, 2.45) is 0 Å². The van der Waals surface area contributed by atoms with Gasteiger partial charge in [-0.15, -0.1) is 0 Å². The molecule has 1 N–H and O–H groups in total. The second-order valence-corrected chi connectivity index (χ2v) is 10.7. The molecule has 2 aromatic carbocycles. The molecule has 0 unspecified atom stereocenters. The van der Waals surface area contributed by atoms with E-state index < -0.39 is 21.9 Å². The van der Waals surface area contributed by atoms with E-state index in [1.807, 2.05) is 32.0 Å². The van der Waals surface area contributed by atoms with Crippen LogP contribution in [0.1, 0.15) is 51.5 Å². The van der Waals surface area contributed by atoms with Crippen LogP contribution < -0.4 is 14.4 Å². The number of amides is 2. The average Bonchev–Trinajstić information content (AvgIpc) is 2.86. The third-order valence-corrected chi connectivity index (χ3v) is 7.16. The van der Waals surface area contributed by atoms with Crippen molar-refractivity contribution in [2.75, 3.05) is 30.8 Å². The van der Waals surface area contributed by atoms with E-state index in [1.54, 1.807) is 19.2 Å². The minimum Gasteiger partial charge on any atom is -0.497 e. The van der Waals surface area contributed by atoms with Crippen LogP contribution in [0.3, 0.4) is 0 Å². The molecular weight excluding hydrogens is 497 g/mol. The van der Waals surface area contributed by atoms with Crippen LogP contribution in [0, 0.1) is 5.82 Å². The van der Waals surface area contributed by atoms with E-state index in [1.165, 1.54) is 23.1 Å². The number of ether oxygens (including phenoxy) is 1. The van der Waals surface area contributed by atoms with Crippen molar-refractivity contribution in [3.63, 3.8) is 0 Å². The highest BCUT2D eigenvalue weighted by molar-refractivity contribution is 7.92. The molecule has 0 radical (unpaired) electrons. The van der Waals surface area contributed by atoms with Crippen LogP contribution in [0.25, 0.3) is 0 Å². The van der Waals surface area contributed by atoms with Gasteiger partial charge in [0.15, 0.2) is 0 Å². The maximum atomic E-state index is 14.3. The fraction of sp³-hybridized carbons (Fsp3) is 0.481. The lowest BCUT2D eigenvalue weighted by atomic mass is 10.1. The number of hydrogen-bond acceptors (Lipinski definition) is 5. The van der Waals surface area contributed by atoms with Crippen LogP contribution in [-0.4, -0.2) is 57.6 Å². The number of sulfonamides is 1. The number of nitrogens with one attached hydrogen (secondary N) is 1. The lowest BCUT2D eigenvalue weighted by Crippen LogP contribution is -2.49. The summed E-state index contributed by atoms with van der Waals surface area (Å²) in [4.78, 5) is 28.0. The molecule has 2 amide bonds. The number of carbonyl (C=O) groups is 2. The Balaban J connectivity index is 2.23. The third-order valence-electron chi connectivity index (χ3n) is 5.98. The molecule has 1 atom stereocenters. The molecule has 0 bridgehead atoms. The SMILES string of the molecule is CCCCNC(=O)[C@@H](CC)N(Cc1cccc(OC)c1)C(=O)CCCN(c1ccccc1F)S(C)(=O)=O. The van der Waals surface area contributed by atoms with Crippen molar-refractivity contribution in [3.8, 4) is 5.75 Å². The molecule has 2 aromatic rings. The zero-order valence-electron chi connectivity index (χ0n) is 22.1. The second-order valence-electron chi connectivity index (χ2n) is 8.83. The number of para-hydroxylation sites is 1. The number of unbranched alkanes of at least 4 members (excludes halogenated alkanes) is 1. The first kappa shape index (κ1) is 30.1. The number of rotatable bonds is 15. The van der Waals surface area contributed by atoms with E-state index in [0.29, 0.717) is 18.7 Å². The van der Waals surface area contributed by atoms with Crippen molar-refractivity contribution < 1.29 is 27.1 Å². The van der Waals surface area contributed by atoms with Crippen LogP contribution in [0.4, 0.5) is 10.1 Å². The predicted molar refractivity (Wildman–Crippen MR) is 143 cm³/mol. The monoisotopic (exact) mass is 535 g/mol. The Labute approximate surface area is 219 Å². The van der Waals surface area contributed by atoms with E-state index in [2.05, 4.69) is 5.32 Å². The Morgan fingerprint density at radius 1 is 1.08 bits per heavy atom. The van der Waals surface area contributed by atoms with Gasteiger partial charge in [0, 0.05) is 26.1 Å². The standard InChI is InChI=1S/C27H38FN3O5S/c1-5-7-17-29-27(33)24(6-2)30(20-21-12-10-13-22(19-21)36-3)26(32)16-11-18-31(37(4,34)35)25-15-9-8-14-23(25)28/h8-10,12-15,19,24H,5-7,11,16-18,20H2,1-4H3,(H,29,33)/t24-/m1/s1. The molecule has 0 heterocycles. The van der Waals surface area contributed by atoms with E-state index in [-0.39, 0.29) is 43.4 Å². The van der Waals surface area contributed by atoms with Crippen molar-refractivity contribution in [1.82, 2.24) is 10.2 Å². The van der Waals surface area contributed by atoms with Gasteiger partial charge in [-0.25, -0.2) is 12.8 Å². The summed E-state index contributed by atoms with van der Waals surface area (Å²) in [6.07, 6.45) is 3.33. The minimum absolute atomic E-state index is 0.0107. The first-order valence-electron chi connectivity index (χ1n) is 12.5. The van der Waals surface area contributed by atoms with Crippen LogP contribution in [-0.2, 0) is 26.2 Å². The molecule has 0 aliphatic carbocycles. The molecule has 0 aliphatic heterocycles. The fourth-order valence-electron chi connectivity index (χ4n) is 4.03. The van der Waals surface area contributed by atoms with Gasteiger partial charge < -0.3 is 15.0 Å². The maximum absolute atomic E-state index is 14.3. The number of benzene rings is 2. The Bertz CT molecular complexity index is 1140. The zero-order valence-corrected chi connectivity index (χ0v) is 22.9. The van der Waals surface area contributed by atoms with Gasteiger partial charge in [0.05, 0.1) is 19.1 Å². The topological polar surface area (TPSA) is 96.0 Å². The Kier molecular flexibility index (Phi) is 11.8. The lowest BCUT2D eigenvalue weighted by Gasteiger charge is -2.31. The number of hydrogen-bond donors (Lipinski definition) is 1. The summed E-state index contributed by atoms with van der Waals surface area (Å²) in [6.45, 7) is 4.53. The largest absolute Gasteiger partial charge is 0.497 e. The van der Waals surface area contributed by atoms with Crippen LogP contribution in [0.2, 0.25) is 0 Å². The summed E-state index contributed by atoms with van der Waals surface area (Å²) in [6, 6.07) is 12.2. The van der Waals surface area contributed by atoms with Gasteiger partial charge in [0.1, 0.15) is 17.6 Å². The highest BCUT2D eigenvalue weighted by Gasteiger charge is 2.29. The number of halogens is 1. The van der Waals surface area contributed by atoms with Crippen molar-refractivity contribution >= 4 is 27.5 Å². The normalized spacial score (nSPS) is 12.0. The fourth-order valence-corrected chi connectivity index (χ4v) is 5.00. The van der Waals surface area contributed by atoms with Gasteiger partial charge in [0.25, 0.3) is 0 Å². The van der Waals surface area contributed by atoms with Crippen LogP contribution in [0.5, 0.6) is 5.75 Å². The number of carbonyl (C=O) groups excluding carboxylic acids is 2. The predicted octanol–water partition coefficient (Wildman–Crippen LogP) is 4.10. The van der Waals surface area contributed by atoms with Gasteiger partial charge >= 0.3 is 0 Å². The van der Waals surface area contributed by atoms with Gasteiger partial charge in [-0.05, 0) is 49.1 Å². The van der Waals surface area contributed by atoms with Crippen LogP contribution in [0.15, 0.2) is 48.5 Å². The molecule has 204 valence electrons. The number of methoxy groups -OCH3 is 1. The van der Waals surface area contributed by atoms with Gasteiger partial charge in [0.2, 0.25) is 21.8 Å². The third kappa shape index (κ3) is 9.03. The molecule has 8 nitrogen and oxygen atoms in total. The number of nitrogens with zero attached hydrogens (tertiary/aromatic N) is 2. The van der Waals surface area contributed by atoms with Gasteiger partial charge in [-0.3, -0.25) is 13.9 Å². The molecule has 10 heteroatoms. The van der Waals surface area contributed by atoms with Gasteiger partial charge in [-0.1, -0.05) is 44.5 Å². The smallest absolute Gasteiger partial charge is 0.242 e. The van der Waals surface area contributed by atoms with E-state index in [0.717, 1.165) is 29.0 Å². The van der Waals surface area contributed by atoms with E-state index in [9.17, 15) is 22.4 Å². The molecule has 2 rings (SSSR count). The first-order chi connectivity index (χ1) is 17.6. The molecule has 0 spiro atoms. The molecule has 0 fully saturated rings. The Hall–Kier alpha value is -3.14. The molecule has 0 saturated heterocycles. The zero-order chi connectivity index (χ0) is 27.4. The first-order valence-corrected chi connectivity index (χ1v) is 14.4. The average molecular weight is 536 g/mol. The Morgan fingerprint density at radius 2 is 1.81 bits per heavy atom. The molecule has 37 heavy (non-hydrogen) atoms. The van der Waals surface area contributed by atoms with Crippen molar-refractivity contribution in [3.05, 3.63) is 59.9 Å². The molecular formula is C27H38FN3O5S. The summed E-state index contributed by atoms with van der Waals surface area (Å²) >= 11 is 0. The Morgan fingerprint density at radius 3 is 2.43 bits per heavy atom. The summed E-state index contributed by atoms with van der Waals surface area (Å²) in [5.74, 6) is -0.536.